The maximum absolute atomic E-state index is 12.3. The molecule has 0 aliphatic heterocycles. The highest BCUT2D eigenvalue weighted by atomic mass is 32.2. The van der Waals surface area contributed by atoms with Crippen LogP contribution in [0.4, 0.5) is 5.69 Å². The maximum Gasteiger partial charge on any atom is 0.236 e. The van der Waals surface area contributed by atoms with Gasteiger partial charge in [-0.3, -0.25) is 4.72 Å². The van der Waals surface area contributed by atoms with Crippen LogP contribution in [0.5, 0.6) is 0 Å². The maximum atomic E-state index is 12.3. The van der Waals surface area contributed by atoms with Crippen LogP contribution in [0.15, 0.2) is 42.5 Å². The zero-order valence-corrected chi connectivity index (χ0v) is 12.2. The van der Waals surface area contributed by atoms with E-state index in [1.807, 2.05) is 25.1 Å². The fraction of sp³-hybridized carbons (Fsp3) is 0.143. The van der Waals surface area contributed by atoms with Crippen LogP contribution in [0.2, 0.25) is 0 Å². The average Bonchev–Trinajstić information content (AvgIpc) is 2.87. The second-order valence-electron chi connectivity index (χ2n) is 4.85. The highest BCUT2D eigenvalue weighted by Gasteiger charge is 2.14. The van der Waals surface area contributed by atoms with Crippen LogP contribution in [0.1, 0.15) is 11.1 Å². The lowest BCUT2D eigenvalue weighted by atomic mass is 10.2. The lowest BCUT2D eigenvalue weighted by Gasteiger charge is -2.08. The van der Waals surface area contributed by atoms with E-state index in [9.17, 15) is 8.42 Å². The molecule has 2 aromatic carbocycles. The van der Waals surface area contributed by atoms with E-state index in [1.54, 1.807) is 24.3 Å². The second kappa shape index (κ2) is 5.17. The summed E-state index contributed by atoms with van der Waals surface area (Å²) in [6.45, 7) is 1.93. The Morgan fingerprint density at radius 3 is 2.76 bits per heavy atom. The third-order valence-electron chi connectivity index (χ3n) is 3.05. The van der Waals surface area contributed by atoms with Gasteiger partial charge in [-0.15, -0.1) is 0 Å². The summed E-state index contributed by atoms with van der Waals surface area (Å²) in [5, 5.41) is 10.4. The first-order valence-corrected chi connectivity index (χ1v) is 8.04. The van der Waals surface area contributed by atoms with Crippen LogP contribution in [0.3, 0.4) is 0 Å². The van der Waals surface area contributed by atoms with Gasteiger partial charge in [-0.1, -0.05) is 35.9 Å². The number of aromatic amines is 1. The van der Waals surface area contributed by atoms with Crippen molar-refractivity contribution in [3.8, 4) is 0 Å². The van der Waals surface area contributed by atoms with Crippen LogP contribution in [0, 0.1) is 6.92 Å². The van der Waals surface area contributed by atoms with E-state index in [4.69, 9.17) is 0 Å². The highest BCUT2D eigenvalue weighted by molar-refractivity contribution is 7.91. The first kappa shape index (κ1) is 13.6. The van der Waals surface area contributed by atoms with Crippen molar-refractivity contribution in [1.29, 1.82) is 0 Å². The van der Waals surface area contributed by atoms with E-state index in [-0.39, 0.29) is 5.75 Å². The van der Waals surface area contributed by atoms with Gasteiger partial charge in [0, 0.05) is 0 Å². The molecule has 1 heterocycles. The number of aromatic nitrogens is 3. The normalized spacial score (nSPS) is 11.7. The van der Waals surface area contributed by atoms with Gasteiger partial charge in [0.25, 0.3) is 0 Å². The van der Waals surface area contributed by atoms with E-state index >= 15 is 0 Å². The fourth-order valence-electron chi connectivity index (χ4n) is 2.18. The van der Waals surface area contributed by atoms with Crippen molar-refractivity contribution in [2.24, 2.45) is 0 Å². The molecule has 7 heteroatoms. The molecular formula is C14H14N4O2S. The number of hydrogen-bond donors (Lipinski definition) is 2. The molecule has 6 nitrogen and oxygen atoms in total. The smallest absolute Gasteiger partial charge is 0.236 e. The van der Waals surface area contributed by atoms with Crippen LogP contribution in [0.25, 0.3) is 11.0 Å². The molecule has 21 heavy (non-hydrogen) atoms. The molecular weight excluding hydrogens is 288 g/mol. The van der Waals surface area contributed by atoms with Gasteiger partial charge in [0.2, 0.25) is 10.0 Å². The predicted octanol–water partition coefficient (Wildman–Crippen LogP) is 2.21. The van der Waals surface area contributed by atoms with Crippen LogP contribution >= 0.6 is 0 Å². The van der Waals surface area contributed by atoms with E-state index in [0.29, 0.717) is 16.7 Å². The van der Waals surface area contributed by atoms with E-state index < -0.39 is 10.0 Å². The first-order valence-electron chi connectivity index (χ1n) is 6.39. The molecule has 3 rings (SSSR count). The molecule has 1 aromatic heterocycles. The van der Waals surface area contributed by atoms with Crippen LogP contribution in [-0.2, 0) is 15.8 Å². The van der Waals surface area contributed by atoms with Gasteiger partial charge in [-0.25, -0.2) is 8.42 Å². The molecule has 0 spiro atoms. The Bertz CT molecular complexity index is 887. The summed E-state index contributed by atoms with van der Waals surface area (Å²) in [6, 6.07) is 12.6. The standard InChI is InChI=1S/C14H14N4O2S/c1-10-4-2-5-11(8-10)9-21(19,20)17-13-7-3-6-12-14(13)16-18-15-12/h2-8,17H,9H2,1H3,(H,15,16,18). The number of para-hydroxylation sites is 1. The average molecular weight is 302 g/mol. The van der Waals surface area contributed by atoms with Crippen molar-refractivity contribution in [2.45, 2.75) is 12.7 Å². The van der Waals surface area contributed by atoms with Crippen molar-refractivity contribution >= 4 is 26.7 Å². The zero-order chi connectivity index (χ0) is 14.9. The van der Waals surface area contributed by atoms with Gasteiger partial charge >= 0.3 is 0 Å². The molecule has 0 aliphatic rings. The van der Waals surface area contributed by atoms with E-state index in [0.717, 1.165) is 11.1 Å². The predicted molar refractivity (Wildman–Crippen MR) is 81.3 cm³/mol. The minimum Gasteiger partial charge on any atom is -0.281 e. The van der Waals surface area contributed by atoms with Gasteiger partial charge in [-0.05, 0) is 24.6 Å². The Morgan fingerprint density at radius 2 is 1.95 bits per heavy atom. The molecule has 2 N–H and O–H groups in total. The summed E-state index contributed by atoms with van der Waals surface area (Å²) in [4.78, 5) is 0. The number of anilines is 1. The largest absolute Gasteiger partial charge is 0.281 e. The monoisotopic (exact) mass is 302 g/mol. The number of aryl methyl sites for hydroxylation is 1. The van der Waals surface area contributed by atoms with Crippen molar-refractivity contribution in [3.05, 3.63) is 53.6 Å². The summed E-state index contributed by atoms with van der Waals surface area (Å²) in [5.41, 5.74) is 3.32. The van der Waals surface area contributed by atoms with Crippen LogP contribution < -0.4 is 4.72 Å². The Hall–Kier alpha value is -2.41. The number of fused-ring (bicyclic) bond motifs is 1. The minimum atomic E-state index is -3.51. The zero-order valence-electron chi connectivity index (χ0n) is 11.4. The fourth-order valence-corrected chi connectivity index (χ4v) is 3.37. The van der Waals surface area contributed by atoms with Gasteiger partial charge in [0.15, 0.2) is 0 Å². The Kier molecular flexibility index (Phi) is 3.34. The van der Waals surface area contributed by atoms with Crippen LogP contribution in [-0.4, -0.2) is 23.8 Å². The topological polar surface area (TPSA) is 87.7 Å². The van der Waals surface area contributed by atoms with Gasteiger partial charge in [0.1, 0.15) is 11.0 Å². The Labute approximate surface area is 122 Å². The molecule has 0 saturated heterocycles. The third-order valence-corrected chi connectivity index (χ3v) is 4.30. The third kappa shape index (κ3) is 3.03. The number of nitrogens with zero attached hydrogens (tertiary/aromatic N) is 2. The minimum absolute atomic E-state index is 0.0804. The molecule has 0 bridgehead atoms. The molecule has 0 fully saturated rings. The van der Waals surface area contributed by atoms with Crippen molar-refractivity contribution in [2.75, 3.05) is 4.72 Å². The van der Waals surface area contributed by atoms with Gasteiger partial charge in [0.05, 0.1) is 11.4 Å². The summed E-state index contributed by atoms with van der Waals surface area (Å²) < 4.78 is 27.1. The molecule has 0 aliphatic carbocycles. The number of nitrogens with one attached hydrogen (secondary N) is 2. The van der Waals surface area contributed by atoms with E-state index in [1.165, 1.54) is 0 Å². The van der Waals surface area contributed by atoms with Gasteiger partial charge < -0.3 is 0 Å². The second-order valence-corrected chi connectivity index (χ2v) is 6.57. The lowest BCUT2D eigenvalue weighted by Crippen LogP contribution is -2.15. The van der Waals surface area contributed by atoms with Gasteiger partial charge in [-0.2, -0.15) is 15.4 Å². The number of rotatable bonds is 4. The summed E-state index contributed by atoms with van der Waals surface area (Å²) in [6.07, 6.45) is 0. The Balaban J connectivity index is 1.88. The van der Waals surface area contributed by atoms with Crippen molar-refractivity contribution in [1.82, 2.24) is 15.4 Å². The van der Waals surface area contributed by atoms with Crippen molar-refractivity contribution < 1.29 is 8.42 Å². The molecule has 0 amide bonds. The summed E-state index contributed by atoms with van der Waals surface area (Å²) in [5.74, 6) is -0.0804. The molecule has 108 valence electrons. The summed E-state index contributed by atoms with van der Waals surface area (Å²) >= 11 is 0. The van der Waals surface area contributed by atoms with E-state index in [2.05, 4.69) is 20.1 Å². The quantitative estimate of drug-likeness (QED) is 0.773. The first-order chi connectivity index (χ1) is 10.0. The summed E-state index contributed by atoms with van der Waals surface area (Å²) in [7, 11) is -3.51. The number of hydrogen-bond acceptors (Lipinski definition) is 4. The highest BCUT2D eigenvalue weighted by Crippen LogP contribution is 2.21. The molecule has 0 saturated carbocycles. The molecule has 3 aromatic rings. The number of sulfonamides is 1. The molecule has 0 atom stereocenters. The lowest BCUT2D eigenvalue weighted by molar-refractivity contribution is 0.600. The SMILES string of the molecule is Cc1cccc(CS(=O)(=O)Nc2cccc3n[nH]nc23)c1. The molecule has 0 unspecified atom stereocenters. The molecule has 0 radical (unpaired) electrons. The number of benzene rings is 2. The van der Waals surface area contributed by atoms with Crippen molar-refractivity contribution in [3.63, 3.8) is 0 Å². The Morgan fingerprint density at radius 1 is 1.14 bits per heavy atom. The number of H-pyrrole nitrogens is 1.